The minimum atomic E-state index is -0.385. The van der Waals surface area contributed by atoms with Crippen LogP contribution in [0.4, 0.5) is 0 Å². The highest BCUT2D eigenvalue weighted by atomic mass is 32.2. The molecule has 1 amide bonds. The van der Waals surface area contributed by atoms with Crippen LogP contribution in [0.2, 0.25) is 0 Å². The van der Waals surface area contributed by atoms with Crippen molar-refractivity contribution >= 4 is 35.0 Å². The lowest BCUT2D eigenvalue weighted by Gasteiger charge is -2.00. The zero-order chi connectivity index (χ0) is 17.0. The Kier molecular flexibility index (Phi) is 5.79. The molecule has 0 N–H and O–H groups in total. The number of ether oxygens (including phenoxy) is 1. The number of aromatic nitrogens is 1. The van der Waals surface area contributed by atoms with Crippen molar-refractivity contribution in [2.24, 2.45) is 12.0 Å². The summed E-state index contributed by atoms with van der Waals surface area (Å²) in [5.74, 6) is -0.714. The highest BCUT2D eigenvalue weighted by Crippen LogP contribution is 2.16. The smallest absolute Gasteiger partial charge is 0.350 e. The molecule has 0 bridgehead atoms. The normalized spacial score (nSPS) is 11.6. The molecule has 0 saturated carbocycles. The highest BCUT2D eigenvalue weighted by Gasteiger charge is 2.16. The second kappa shape index (κ2) is 7.61. The fourth-order valence-corrected chi connectivity index (χ4v) is 3.32. The summed E-state index contributed by atoms with van der Waals surface area (Å²) in [5.41, 5.74) is 1.25. The molecule has 1 aromatic carbocycles. The minimum Gasteiger partial charge on any atom is -0.462 e. The Balaban J connectivity index is 2.36. The molecule has 5 nitrogen and oxygen atoms in total. The molecule has 2 rings (SSSR count). The zero-order valence-corrected chi connectivity index (χ0v) is 15.1. The van der Waals surface area contributed by atoms with Gasteiger partial charge in [0.2, 0.25) is 0 Å². The van der Waals surface area contributed by atoms with Crippen LogP contribution >= 0.6 is 23.1 Å². The molecule has 0 aliphatic carbocycles. The van der Waals surface area contributed by atoms with E-state index in [9.17, 15) is 9.59 Å². The first kappa shape index (κ1) is 17.5. The molecule has 122 valence electrons. The highest BCUT2D eigenvalue weighted by molar-refractivity contribution is 7.98. The van der Waals surface area contributed by atoms with E-state index in [2.05, 4.69) is 4.99 Å². The standard InChI is InChI=1S/C16H18N2O3S2/c1-5-21-15(20)13-10(2)18(3)16(23-13)17-14(19)11-6-8-12(22-4)9-7-11/h6-9H,5H2,1-4H3. The quantitative estimate of drug-likeness (QED) is 0.628. The molecule has 0 unspecified atom stereocenters. The monoisotopic (exact) mass is 350 g/mol. The van der Waals surface area contributed by atoms with Crippen molar-refractivity contribution in [3.63, 3.8) is 0 Å². The third-order valence-corrected chi connectivity index (χ3v) is 5.26. The van der Waals surface area contributed by atoms with Gasteiger partial charge in [0, 0.05) is 23.2 Å². The largest absolute Gasteiger partial charge is 0.462 e. The summed E-state index contributed by atoms with van der Waals surface area (Å²) in [4.78, 5) is 30.4. The molecular formula is C16H18N2O3S2. The SMILES string of the molecule is CCOC(=O)c1sc(=NC(=O)c2ccc(SC)cc2)n(C)c1C. The van der Waals surface area contributed by atoms with Gasteiger partial charge in [0.1, 0.15) is 4.88 Å². The van der Waals surface area contributed by atoms with Crippen molar-refractivity contribution in [2.45, 2.75) is 18.7 Å². The number of hydrogen-bond donors (Lipinski definition) is 0. The van der Waals surface area contributed by atoms with E-state index < -0.39 is 0 Å². The van der Waals surface area contributed by atoms with Crippen LogP contribution < -0.4 is 4.80 Å². The van der Waals surface area contributed by atoms with E-state index in [4.69, 9.17) is 4.74 Å². The van der Waals surface area contributed by atoms with Crippen molar-refractivity contribution in [3.8, 4) is 0 Å². The number of amides is 1. The number of carbonyl (C=O) groups excluding carboxylic acids is 2. The molecule has 1 aromatic heterocycles. The van der Waals surface area contributed by atoms with Gasteiger partial charge >= 0.3 is 5.97 Å². The molecule has 0 aliphatic rings. The summed E-state index contributed by atoms with van der Waals surface area (Å²) in [7, 11) is 1.78. The third kappa shape index (κ3) is 3.92. The molecule has 0 spiro atoms. The molecule has 0 radical (unpaired) electrons. The summed E-state index contributed by atoms with van der Waals surface area (Å²) in [6.07, 6.45) is 1.98. The number of benzene rings is 1. The zero-order valence-electron chi connectivity index (χ0n) is 13.5. The maximum absolute atomic E-state index is 12.3. The predicted octanol–water partition coefficient (Wildman–Crippen LogP) is 3.03. The van der Waals surface area contributed by atoms with Gasteiger partial charge in [0.05, 0.1) is 6.61 Å². The van der Waals surface area contributed by atoms with Crippen LogP contribution in [-0.2, 0) is 11.8 Å². The average Bonchev–Trinajstić information content (AvgIpc) is 2.83. The maximum Gasteiger partial charge on any atom is 0.350 e. The van der Waals surface area contributed by atoms with Crippen molar-refractivity contribution in [1.29, 1.82) is 0 Å². The molecule has 7 heteroatoms. The first-order chi connectivity index (χ1) is 11.0. The van der Waals surface area contributed by atoms with Gasteiger partial charge < -0.3 is 9.30 Å². The van der Waals surface area contributed by atoms with E-state index in [1.807, 2.05) is 18.4 Å². The Hall–Kier alpha value is -1.86. The fourth-order valence-electron chi connectivity index (χ4n) is 1.90. The first-order valence-electron chi connectivity index (χ1n) is 7.04. The van der Waals surface area contributed by atoms with Crippen LogP contribution in [0.5, 0.6) is 0 Å². The van der Waals surface area contributed by atoms with Gasteiger partial charge in [0.25, 0.3) is 5.91 Å². The van der Waals surface area contributed by atoms with E-state index in [0.717, 1.165) is 21.9 Å². The number of thioether (sulfide) groups is 1. The molecule has 1 heterocycles. The molecule has 0 atom stereocenters. The van der Waals surface area contributed by atoms with E-state index in [-0.39, 0.29) is 11.9 Å². The van der Waals surface area contributed by atoms with E-state index in [0.29, 0.717) is 21.8 Å². The Morgan fingerprint density at radius 1 is 1.30 bits per heavy atom. The number of thiazole rings is 1. The van der Waals surface area contributed by atoms with Gasteiger partial charge in [-0.25, -0.2) is 4.79 Å². The van der Waals surface area contributed by atoms with Crippen LogP contribution in [0.1, 0.15) is 32.6 Å². The van der Waals surface area contributed by atoms with Gasteiger partial charge in [-0.3, -0.25) is 4.79 Å². The number of rotatable bonds is 4. The summed E-state index contributed by atoms with van der Waals surface area (Å²) in [6, 6.07) is 7.28. The molecule has 0 fully saturated rings. The number of esters is 1. The Morgan fingerprint density at radius 2 is 1.96 bits per heavy atom. The minimum absolute atomic E-state index is 0.313. The lowest BCUT2D eigenvalue weighted by Crippen LogP contribution is -2.14. The third-order valence-electron chi connectivity index (χ3n) is 3.31. The van der Waals surface area contributed by atoms with Gasteiger partial charge in [-0.15, -0.1) is 11.8 Å². The molecule has 0 aliphatic heterocycles. The van der Waals surface area contributed by atoms with Gasteiger partial charge in [-0.05, 0) is 44.4 Å². The Labute approximate surface area is 143 Å². The number of nitrogens with zero attached hydrogens (tertiary/aromatic N) is 2. The molecule has 2 aromatic rings. The van der Waals surface area contributed by atoms with E-state index in [1.54, 1.807) is 49.4 Å². The second-order valence-corrected chi connectivity index (χ2v) is 6.58. The Bertz CT molecular complexity index is 789. The second-order valence-electron chi connectivity index (χ2n) is 4.72. The topological polar surface area (TPSA) is 60.7 Å². The first-order valence-corrected chi connectivity index (χ1v) is 9.08. The van der Waals surface area contributed by atoms with Crippen LogP contribution in [-0.4, -0.2) is 29.3 Å². The van der Waals surface area contributed by atoms with Crippen molar-refractivity contribution < 1.29 is 14.3 Å². The molecule has 23 heavy (non-hydrogen) atoms. The van der Waals surface area contributed by atoms with Crippen LogP contribution in [0.3, 0.4) is 0 Å². The predicted molar refractivity (Wildman–Crippen MR) is 92.1 cm³/mol. The summed E-state index contributed by atoms with van der Waals surface area (Å²) < 4.78 is 6.75. The lowest BCUT2D eigenvalue weighted by molar-refractivity contribution is 0.0530. The van der Waals surface area contributed by atoms with Crippen LogP contribution in [0, 0.1) is 6.92 Å². The van der Waals surface area contributed by atoms with Crippen LogP contribution in [0.25, 0.3) is 0 Å². The maximum atomic E-state index is 12.3. The number of carbonyl (C=O) groups is 2. The summed E-state index contributed by atoms with van der Waals surface area (Å²) in [5, 5.41) is 0. The van der Waals surface area contributed by atoms with Crippen LogP contribution in [0.15, 0.2) is 34.2 Å². The number of hydrogen-bond acceptors (Lipinski definition) is 5. The van der Waals surface area contributed by atoms with Gasteiger partial charge in [-0.2, -0.15) is 4.99 Å². The van der Waals surface area contributed by atoms with Gasteiger partial charge in [-0.1, -0.05) is 11.3 Å². The van der Waals surface area contributed by atoms with E-state index >= 15 is 0 Å². The fraction of sp³-hybridized carbons (Fsp3) is 0.312. The van der Waals surface area contributed by atoms with Crippen molar-refractivity contribution in [3.05, 3.63) is 45.2 Å². The summed E-state index contributed by atoms with van der Waals surface area (Å²) >= 11 is 2.78. The Morgan fingerprint density at radius 3 is 2.52 bits per heavy atom. The molecular weight excluding hydrogens is 332 g/mol. The van der Waals surface area contributed by atoms with Crippen molar-refractivity contribution in [2.75, 3.05) is 12.9 Å². The van der Waals surface area contributed by atoms with Gasteiger partial charge in [0.15, 0.2) is 4.80 Å². The lowest BCUT2D eigenvalue weighted by atomic mass is 10.2. The van der Waals surface area contributed by atoms with E-state index in [1.165, 1.54) is 0 Å². The molecule has 0 saturated heterocycles. The van der Waals surface area contributed by atoms with Crippen molar-refractivity contribution in [1.82, 2.24) is 4.57 Å². The average molecular weight is 350 g/mol. The summed E-state index contributed by atoms with van der Waals surface area (Å²) in [6.45, 7) is 3.88.